The van der Waals surface area contributed by atoms with Crippen LogP contribution in [0.1, 0.15) is 22.3 Å². The van der Waals surface area contributed by atoms with E-state index in [0.29, 0.717) is 10.6 Å². The van der Waals surface area contributed by atoms with Crippen molar-refractivity contribution in [2.24, 2.45) is 5.73 Å². The highest BCUT2D eigenvalue weighted by atomic mass is 35.5. The van der Waals surface area contributed by atoms with E-state index in [4.69, 9.17) is 22.1 Å². The minimum absolute atomic E-state index is 0.0335. The van der Waals surface area contributed by atoms with E-state index in [0.717, 1.165) is 5.56 Å². The molecule has 2 amide bonds. The van der Waals surface area contributed by atoms with Crippen molar-refractivity contribution in [1.82, 2.24) is 5.32 Å². The minimum Gasteiger partial charge on any atom is -0.459 e. The number of halogens is 1. The third-order valence-corrected chi connectivity index (χ3v) is 3.58. The van der Waals surface area contributed by atoms with Gasteiger partial charge in [-0.3, -0.25) is 9.59 Å². The Morgan fingerprint density at radius 1 is 1.04 bits per heavy atom. The van der Waals surface area contributed by atoms with Gasteiger partial charge in [0, 0.05) is 10.6 Å². The van der Waals surface area contributed by atoms with Crippen LogP contribution in [0.2, 0.25) is 5.02 Å². The number of nitrogens with one attached hydrogen (secondary N) is 1. The zero-order valence-electron chi connectivity index (χ0n) is 13.3. The Balaban J connectivity index is 2.01. The van der Waals surface area contributed by atoms with Gasteiger partial charge in [0.2, 0.25) is 5.91 Å². The molecule has 0 unspecified atom stereocenters. The van der Waals surface area contributed by atoms with E-state index in [2.05, 4.69) is 5.32 Å². The lowest BCUT2D eigenvalue weighted by atomic mass is 10.1. The summed E-state index contributed by atoms with van der Waals surface area (Å²) >= 11 is 5.77. The van der Waals surface area contributed by atoms with E-state index in [1.807, 2.05) is 18.2 Å². The second-order valence-electron chi connectivity index (χ2n) is 5.30. The molecular formula is C18H17ClN2O4. The van der Waals surface area contributed by atoms with Gasteiger partial charge < -0.3 is 15.8 Å². The molecule has 2 aromatic carbocycles. The van der Waals surface area contributed by atoms with Crippen molar-refractivity contribution in [2.75, 3.05) is 0 Å². The van der Waals surface area contributed by atoms with E-state index >= 15 is 0 Å². The smallest absolute Gasteiger partial charge is 0.329 e. The number of carbonyl (C=O) groups excluding carboxylic acids is 3. The average molecular weight is 361 g/mol. The number of nitrogens with two attached hydrogens (primary N) is 1. The molecule has 7 heteroatoms. The largest absolute Gasteiger partial charge is 0.459 e. The van der Waals surface area contributed by atoms with Gasteiger partial charge >= 0.3 is 5.97 Å². The predicted molar refractivity (Wildman–Crippen MR) is 92.8 cm³/mol. The summed E-state index contributed by atoms with van der Waals surface area (Å²) in [5.74, 6) is -1.98. The summed E-state index contributed by atoms with van der Waals surface area (Å²) in [5, 5.41) is 2.94. The van der Waals surface area contributed by atoms with Crippen molar-refractivity contribution >= 4 is 29.4 Å². The highest BCUT2D eigenvalue weighted by molar-refractivity contribution is 6.30. The first-order chi connectivity index (χ1) is 12.0. The molecule has 25 heavy (non-hydrogen) atoms. The molecule has 6 nitrogen and oxygen atoms in total. The summed E-state index contributed by atoms with van der Waals surface area (Å²) < 4.78 is 5.16. The fourth-order valence-corrected chi connectivity index (χ4v) is 2.19. The van der Waals surface area contributed by atoms with Crippen LogP contribution >= 0.6 is 11.6 Å². The van der Waals surface area contributed by atoms with Crippen molar-refractivity contribution < 1.29 is 19.1 Å². The highest BCUT2D eigenvalue weighted by Gasteiger charge is 2.25. The molecule has 0 saturated heterocycles. The Kier molecular flexibility index (Phi) is 6.54. The second-order valence-corrected chi connectivity index (χ2v) is 5.73. The normalized spacial score (nSPS) is 11.4. The Bertz CT molecular complexity index is 747. The van der Waals surface area contributed by atoms with Crippen LogP contribution in [0.5, 0.6) is 0 Å². The Labute approximate surface area is 149 Å². The molecule has 0 aliphatic rings. The van der Waals surface area contributed by atoms with Gasteiger partial charge in [0.1, 0.15) is 12.6 Å². The number of amides is 2. The second kappa shape index (κ2) is 8.84. The van der Waals surface area contributed by atoms with Gasteiger partial charge in [-0.05, 0) is 29.8 Å². The SMILES string of the molecule is NC(=O)C[C@H](NC(=O)c1ccc(Cl)cc1)C(=O)OCc1ccccc1. The summed E-state index contributed by atoms with van der Waals surface area (Å²) in [5.41, 5.74) is 6.25. The average Bonchev–Trinajstić information content (AvgIpc) is 2.60. The third-order valence-electron chi connectivity index (χ3n) is 3.33. The molecule has 1 atom stereocenters. The van der Waals surface area contributed by atoms with Crippen LogP contribution in [0, 0.1) is 0 Å². The van der Waals surface area contributed by atoms with E-state index in [1.54, 1.807) is 24.3 Å². The van der Waals surface area contributed by atoms with E-state index in [9.17, 15) is 14.4 Å². The maximum atomic E-state index is 12.2. The van der Waals surface area contributed by atoms with Crippen molar-refractivity contribution in [3.8, 4) is 0 Å². The number of esters is 1. The molecule has 0 bridgehead atoms. The molecular weight excluding hydrogens is 344 g/mol. The molecule has 0 radical (unpaired) electrons. The molecule has 2 aromatic rings. The number of hydrogen-bond acceptors (Lipinski definition) is 4. The first-order valence-electron chi connectivity index (χ1n) is 7.51. The summed E-state index contributed by atoms with van der Waals surface area (Å²) in [7, 11) is 0. The van der Waals surface area contributed by atoms with Gasteiger partial charge in [-0.2, -0.15) is 0 Å². The van der Waals surface area contributed by atoms with E-state index in [1.165, 1.54) is 12.1 Å². The van der Waals surface area contributed by atoms with Gasteiger partial charge in [-0.15, -0.1) is 0 Å². The third kappa shape index (κ3) is 5.93. The molecule has 0 aromatic heterocycles. The summed E-state index contributed by atoms with van der Waals surface area (Å²) in [6.07, 6.45) is -0.354. The van der Waals surface area contributed by atoms with Crippen LogP contribution in [0.25, 0.3) is 0 Å². The van der Waals surface area contributed by atoms with Crippen LogP contribution in [-0.4, -0.2) is 23.8 Å². The van der Waals surface area contributed by atoms with Crippen LogP contribution in [0.15, 0.2) is 54.6 Å². The number of rotatable bonds is 7. The number of hydrogen-bond donors (Lipinski definition) is 2. The Hall–Kier alpha value is -2.86. The lowest BCUT2D eigenvalue weighted by Gasteiger charge is -2.16. The van der Waals surface area contributed by atoms with Crippen molar-refractivity contribution in [3.63, 3.8) is 0 Å². The first kappa shape index (κ1) is 18.5. The van der Waals surface area contributed by atoms with Gasteiger partial charge in [0.05, 0.1) is 6.42 Å². The van der Waals surface area contributed by atoms with Crippen LogP contribution in [0.4, 0.5) is 0 Å². The molecule has 130 valence electrons. The van der Waals surface area contributed by atoms with Crippen molar-refractivity contribution in [2.45, 2.75) is 19.1 Å². The molecule has 3 N–H and O–H groups in total. The van der Waals surface area contributed by atoms with Gasteiger partial charge in [0.25, 0.3) is 5.91 Å². The van der Waals surface area contributed by atoms with Crippen LogP contribution < -0.4 is 11.1 Å². The number of ether oxygens (including phenoxy) is 1. The maximum Gasteiger partial charge on any atom is 0.329 e. The summed E-state index contributed by atoms with van der Waals surface area (Å²) in [4.78, 5) is 35.6. The quantitative estimate of drug-likeness (QED) is 0.738. The Morgan fingerprint density at radius 3 is 2.28 bits per heavy atom. The molecule has 0 aliphatic heterocycles. The molecule has 0 saturated carbocycles. The van der Waals surface area contributed by atoms with E-state index < -0.39 is 23.8 Å². The fourth-order valence-electron chi connectivity index (χ4n) is 2.07. The highest BCUT2D eigenvalue weighted by Crippen LogP contribution is 2.10. The number of benzene rings is 2. The standard InChI is InChI=1S/C18H17ClN2O4/c19-14-8-6-13(7-9-14)17(23)21-15(10-16(20)22)18(24)25-11-12-4-2-1-3-5-12/h1-9,15H,10-11H2,(H2,20,22)(H,21,23)/t15-/m0/s1. The summed E-state index contributed by atoms with van der Waals surface area (Å²) in [6, 6.07) is 14.0. The molecule has 0 aliphatic carbocycles. The topological polar surface area (TPSA) is 98.5 Å². The van der Waals surface area contributed by atoms with Crippen LogP contribution in [0.3, 0.4) is 0 Å². The fraction of sp³-hybridized carbons (Fsp3) is 0.167. The molecule has 2 rings (SSSR count). The van der Waals surface area contributed by atoms with Crippen molar-refractivity contribution in [3.05, 3.63) is 70.7 Å². The zero-order valence-corrected chi connectivity index (χ0v) is 14.0. The van der Waals surface area contributed by atoms with Gasteiger partial charge in [0.15, 0.2) is 0 Å². The first-order valence-corrected chi connectivity index (χ1v) is 7.89. The van der Waals surface area contributed by atoms with Gasteiger partial charge in [-0.1, -0.05) is 41.9 Å². The summed E-state index contributed by atoms with van der Waals surface area (Å²) in [6.45, 7) is 0.0335. The molecule has 0 fully saturated rings. The lowest BCUT2D eigenvalue weighted by molar-refractivity contribution is -0.148. The maximum absolute atomic E-state index is 12.2. The molecule has 0 heterocycles. The zero-order chi connectivity index (χ0) is 18.2. The lowest BCUT2D eigenvalue weighted by Crippen LogP contribution is -2.44. The Morgan fingerprint density at radius 2 is 1.68 bits per heavy atom. The number of carbonyl (C=O) groups is 3. The van der Waals surface area contributed by atoms with Crippen molar-refractivity contribution in [1.29, 1.82) is 0 Å². The predicted octanol–water partition coefficient (Wildman–Crippen LogP) is 2.06. The minimum atomic E-state index is -1.16. The van der Waals surface area contributed by atoms with Gasteiger partial charge in [-0.25, -0.2) is 4.79 Å². The van der Waals surface area contributed by atoms with Crippen LogP contribution in [-0.2, 0) is 20.9 Å². The van der Waals surface area contributed by atoms with E-state index in [-0.39, 0.29) is 13.0 Å². The monoisotopic (exact) mass is 360 g/mol. The molecule has 0 spiro atoms. The number of primary amides is 1.